The molecule has 0 saturated carbocycles. The van der Waals surface area contributed by atoms with Gasteiger partial charge in [-0.3, -0.25) is 0 Å². The van der Waals surface area contributed by atoms with Crippen molar-refractivity contribution in [3.05, 3.63) is 28.2 Å². The Morgan fingerprint density at radius 3 is 2.45 bits per heavy atom. The SMILES string of the molecule is Cc1cc(S(=O)(=O)N2CCC(C(C)N)CC2)ccc1Br. The summed E-state index contributed by atoms with van der Waals surface area (Å²) in [6.45, 7) is 5.01. The fourth-order valence-electron chi connectivity index (χ4n) is 2.57. The molecule has 1 unspecified atom stereocenters. The molecule has 1 aliphatic heterocycles. The lowest BCUT2D eigenvalue weighted by Gasteiger charge is -2.33. The van der Waals surface area contributed by atoms with Crippen molar-refractivity contribution in [2.75, 3.05) is 13.1 Å². The van der Waals surface area contributed by atoms with Gasteiger partial charge in [-0.2, -0.15) is 4.31 Å². The summed E-state index contributed by atoms with van der Waals surface area (Å²) in [5.74, 6) is 0.424. The Bertz CT molecular complexity index is 579. The van der Waals surface area contributed by atoms with Crippen molar-refractivity contribution in [2.24, 2.45) is 11.7 Å². The van der Waals surface area contributed by atoms with Crippen molar-refractivity contribution < 1.29 is 8.42 Å². The van der Waals surface area contributed by atoms with E-state index in [-0.39, 0.29) is 6.04 Å². The summed E-state index contributed by atoms with van der Waals surface area (Å²) in [6.07, 6.45) is 1.68. The minimum absolute atomic E-state index is 0.134. The van der Waals surface area contributed by atoms with Crippen LogP contribution in [0.5, 0.6) is 0 Å². The van der Waals surface area contributed by atoms with Gasteiger partial charge < -0.3 is 5.73 Å². The Hall–Kier alpha value is -0.430. The molecule has 1 atom stereocenters. The summed E-state index contributed by atoms with van der Waals surface area (Å²) in [4.78, 5) is 0.373. The molecule has 0 aliphatic carbocycles. The molecule has 4 nitrogen and oxygen atoms in total. The summed E-state index contributed by atoms with van der Waals surface area (Å²) in [6, 6.07) is 5.30. The summed E-state index contributed by atoms with van der Waals surface area (Å²) in [7, 11) is -3.38. The van der Waals surface area contributed by atoms with Crippen LogP contribution in [0, 0.1) is 12.8 Å². The number of hydrogen-bond donors (Lipinski definition) is 1. The lowest BCUT2D eigenvalue weighted by Crippen LogP contribution is -2.42. The van der Waals surface area contributed by atoms with E-state index >= 15 is 0 Å². The minimum atomic E-state index is -3.38. The highest BCUT2D eigenvalue weighted by Gasteiger charge is 2.30. The van der Waals surface area contributed by atoms with E-state index in [0.717, 1.165) is 22.9 Å². The molecule has 1 aromatic rings. The lowest BCUT2D eigenvalue weighted by molar-refractivity contribution is 0.250. The van der Waals surface area contributed by atoms with Crippen LogP contribution in [0.15, 0.2) is 27.6 Å². The standard InChI is InChI=1S/C14H21BrN2O2S/c1-10-9-13(3-4-14(10)15)20(18,19)17-7-5-12(6-8-17)11(2)16/h3-4,9,11-12H,5-8,16H2,1-2H3. The van der Waals surface area contributed by atoms with Gasteiger partial charge in [0.05, 0.1) is 4.90 Å². The molecule has 1 heterocycles. The third-order valence-electron chi connectivity index (χ3n) is 4.01. The van der Waals surface area contributed by atoms with Crippen molar-refractivity contribution >= 4 is 26.0 Å². The fourth-order valence-corrected chi connectivity index (χ4v) is 4.37. The molecule has 2 rings (SSSR count). The van der Waals surface area contributed by atoms with E-state index in [2.05, 4.69) is 15.9 Å². The molecule has 0 aromatic heterocycles. The first-order valence-corrected chi connectivity index (χ1v) is 9.07. The molecule has 1 aromatic carbocycles. The summed E-state index contributed by atoms with van der Waals surface area (Å²) in [5, 5.41) is 0. The molecule has 20 heavy (non-hydrogen) atoms. The van der Waals surface area contributed by atoms with E-state index < -0.39 is 10.0 Å². The molecule has 1 aliphatic rings. The number of sulfonamides is 1. The average Bonchev–Trinajstić information content (AvgIpc) is 2.41. The molecule has 6 heteroatoms. The summed E-state index contributed by atoms with van der Waals surface area (Å²) in [5.41, 5.74) is 6.82. The second-order valence-electron chi connectivity index (χ2n) is 5.51. The molecule has 0 amide bonds. The van der Waals surface area contributed by atoms with Gasteiger partial charge in [-0.15, -0.1) is 0 Å². The number of piperidine rings is 1. The van der Waals surface area contributed by atoms with E-state index in [1.165, 1.54) is 0 Å². The number of hydrogen-bond acceptors (Lipinski definition) is 3. The molecule has 2 N–H and O–H groups in total. The molecule has 1 fully saturated rings. The predicted octanol–water partition coefficient (Wildman–Crippen LogP) is 2.51. The van der Waals surface area contributed by atoms with Crippen LogP contribution in [-0.2, 0) is 10.0 Å². The average molecular weight is 361 g/mol. The second kappa shape index (κ2) is 6.13. The Kier molecular flexibility index (Phi) is 4.89. The first-order valence-electron chi connectivity index (χ1n) is 6.84. The third kappa shape index (κ3) is 3.24. The van der Waals surface area contributed by atoms with Crippen molar-refractivity contribution in [3.63, 3.8) is 0 Å². The number of aryl methyl sites for hydroxylation is 1. The molecule has 1 saturated heterocycles. The van der Waals surface area contributed by atoms with Crippen molar-refractivity contribution in [2.45, 2.75) is 37.6 Å². The monoisotopic (exact) mass is 360 g/mol. The topological polar surface area (TPSA) is 63.4 Å². The van der Waals surface area contributed by atoms with Crippen molar-refractivity contribution in [1.29, 1.82) is 0 Å². The van der Waals surface area contributed by atoms with Crippen LogP contribution in [0.3, 0.4) is 0 Å². The lowest BCUT2D eigenvalue weighted by atomic mass is 9.92. The van der Waals surface area contributed by atoms with Crippen LogP contribution in [0.1, 0.15) is 25.3 Å². The normalized spacial score (nSPS) is 20.0. The van der Waals surface area contributed by atoms with Crippen molar-refractivity contribution in [1.82, 2.24) is 4.31 Å². The molecule has 0 radical (unpaired) electrons. The highest BCUT2D eigenvalue weighted by molar-refractivity contribution is 9.10. The number of benzene rings is 1. The zero-order chi connectivity index (χ0) is 14.9. The largest absolute Gasteiger partial charge is 0.328 e. The maximum absolute atomic E-state index is 12.6. The Balaban J connectivity index is 2.17. The fraction of sp³-hybridized carbons (Fsp3) is 0.571. The highest BCUT2D eigenvalue weighted by Crippen LogP contribution is 2.27. The Morgan fingerprint density at radius 2 is 1.95 bits per heavy atom. The first kappa shape index (κ1) is 15.9. The first-order chi connectivity index (χ1) is 9.32. The van der Waals surface area contributed by atoms with Gasteiger partial charge in [0.1, 0.15) is 0 Å². The van der Waals surface area contributed by atoms with Gasteiger partial charge >= 0.3 is 0 Å². The maximum atomic E-state index is 12.6. The van der Waals surface area contributed by atoms with Gasteiger partial charge in [0.25, 0.3) is 0 Å². The predicted molar refractivity (Wildman–Crippen MR) is 84.0 cm³/mol. The van der Waals surface area contributed by atoms with E-state index in [4.69, 9.17) is 5.73 Å². The number of nitrogens with zero attached hydrogens (tertiary/aromatic N) is 1. The van der Waals surface area contributed by atoms with E-state index in [1.54, 1.807) is 22.5 Å². The molecule has 0 spiro atoms. The molecular weight excluding hydrogens is 340 g/mol. The minimum Gasteiger partial charge on any atom is -0.328 e. The van der Waals surface area contributed by atoms with Crippen LogP contribution in [0.4, 0.5) is 0 Å². The van der Waals surface area contributed by atoms with Gasteiger partial charge in [0.15, 0.2) is 0 Å². The zero-order valence-corrected chi connectivity index (χ0v) is 14.2. The molecular formula is C14H21BrN2O2S. The van der Waals surface area contributed by atoms with Gasteiger partial charge in [0, 0.05) is 23.6 Å². The highest BCUT2D eigenvalue weighted by atomic mass is 79.9. The maximum Gasteiger partial charge on any atom is 0.243 e. The van der Waals surface area contributed by atoms with Gasteiger partial charge in [-0.05, 0) is 56.4 Å². The van der Waals surface area contributed by atoms with Gasteiger partial charge in [-0.1, -0.05) is 15.9 Å². The zero-order valence-electron chi connectivity index (χ0n) is 11.8. The Morgan fingerprint density at radius 1 is 1.35 bits per heavy atom. The Labute approximate surface area is 129 Å². The second-order valence-corrected chi connectivity index (χ2v) is 8.30. The van der Waals surface area contributed by atoms with Crippen molar-refractivity contribution in [3.8, 4) is 0 Å². The van der Waals surface area contributed by atoms with Crippen LogP contribution in [0.25, 0.3) is 0 Å². The number of halogens is 1. The van der Waals surface area contributed by atoms with E-state index in [1.807, 2.05) is 13.8 Å². The summed E-state index contributed by atoms with van der Waals surface area (Å²) >= 11 is 3.39. The number of rotatable bonds is 3. The van der Waals surface area contributed by atoms with E-state index in [0.29, 0.717) is 23.9 Å². The van der Waals surface area contributed by atoms with Gasteiger partial charge in [0.2, 0.25) is 10.0 Å². The van der Waals surface area contributed by atoms with Crippen LogP contribution < -0.4 is 5.73 Å². The van der Waals surface area contributed by atoms with Crippen LogP contribution in [-0.4, -0.2) is 31.9 Å². The summed E-state index contributed by atoms with van der Waals surface area (Å²) < 4.78 is 27.7. The number of nitrogens with two attached hydrogens (primary N) is 1. The van der Waals surface area contributed by atoms with Crippen LogP contribution >= 0.6 is 15.9 Å². The smallest absolute Gasteiger partial charge is 0.243 e. The molecule has 0 bridgehead atoms. The van der Waals surface area contributed by atoms with Gasteiger partial charge in [-0.25, -0.2) is 8.42 Å². The quantitative estimate of drug-likeness (QED) is 0.900. The molecule has 112 valence electrons. The van der Waals surface area contributed by atoms with E-state index in [9.17, 15) is 8.42 Å². The third-order valence-corrected chi connectivity index (χ3v) is 6.79. The van der Waals surface area contributed by atoms with Crippen LogP contribution in [0.2, 0.25) is 0 Å².